The molecule has 0 saturated heterocycles. The average Bonchev–Trinajstić information content (AvgIpc) is 2.81. The summed E-state index contributed by atoms with van der Waals surface area (Å²) in [5, 5.41) is 14.2. The normalized spacial score (nSPS) is 10.3. The van der Waals surface area contributed by atoms with Crippen molar-refractivity contribution in [3.05, 3.63) is 55.0 Å². The Kier molecular flexibility index (Phi) is 4.31. The Balaban J connectivity index is 2.17. The molecule has 2 aromatic rings. The first-order chi connectivity index (χ1) is 9.49. The summed E-state index contributed by atoms with van der Waals surface area (Å²) in [5.74, 6) is -0.549. The van der Waals surface area contributed by atoms with E-state index in [9.17, 15) is 14.9 Å². The Morgan fingerprint density at radius 3 is 2.90 bits per heavy atom. The van der Waals surface area contributed by atoms with Crippen LogP contribution in [0.5, 0.6) is 0 Å². The molecule has 0 aliphatic carbocycles. The van der Waals surface area contributed by atoms with Crippen LogP contribution in [0.3, 0.4) is 0 Å². The van der Waals surface area contributed by atoms with Crippen molar-refractivity contribution < 1.29 is 9.72 Å². The highest BCUT2D eigenvalue weighted by atomic mass is 35.5. The van der Waals surface area contributed by atoms with Gasteiger partial charge in [-0.05, 0) is 19.1 Å². The minimum Gasteiger partial charge on any atom is -0.345 e. The fourth-order valence-corrected chi connectivity index (χ4v) is 2.59. The smallest absolute Gasteiger partial charge is 0.300 e. The second kappa shape index (κ2) is 5.98. The summed E-state index contributed by atoms with van der Waals surface area (Å²) in [6.45, 7) is 2.13. The van der Waals surface area contributed by atoms with E-state index in [-0.39, 0.29) is 22.8 Å². The van der Waals surface area contributed by atoms with E-state index in [0.29, 0.717) is 0 Å². The lowest BCUT2D eigenvalue weighted by atomic mass is 10.1. The van der Waals surface area contributed by atoms with Crippen LogP contribution in [0.2, 0.25) is 5.02 Å². The van der Waals surface area contributed by atoms with Crippen LogP contribution in [0.1, 0.15) is 20.2 Å². The molecule has 0 aliphatic heterocycles. The number of benzene rings is 1. The molecule has 6 nitrogen and oxygen atoms in total. The Bertz CT molecular complexity index is 672. The van der Waals surface area contributed by atoms with E-state index in [1.165, 1.54) is 29.5 Å². The standard InChI is InChI=1S/C12H10ClN3O3S/c1-7-5-14-10(20-7)6-15-12(17)8-3-2-4-9(13)11(8)16(18)19/h2-5H,6H2,1H3,(H,15,17). The van der Waals surface area contributed by atoms with E-state index in [4.69, 9.17) is 11.6 Å². The summed E-state index contributed by atoms with van der Waals surface area (Å²) in [6.07, 6.45) is 1.70. The minimum atomic E-state index is -0.662. The van der Waals surface area contributed by atoms with Crippen LogP contribution in [-0.4, -0.2) is 15.8 Å². The number of nitro benzene ring substituents is 1. The van der Waals surface area contributed by atoms with Crippen molar-refractivity contribution in [3.8, 4) is 0 Å². The third-order valence-electron chi connectivity index (χ3n) is 2.48. The molecule has 1 aromatic carbocycles. The van der Waals surface area contributed by atoms with Crippen molar-refractivity contribution in [1.82, 2.24) is 10.3 Å². The lowest BCUT2D eigenvalue weighted by Crippen LogP contribution is -2.23. The zero-order chi connectivity index (χ0) is 14.7. The van der Waals surface area contributed by atoms with Crippen molar-refractivity contribution in [2.45, 2.75) is 13.5 Å². The van der Waals surface area contributed by atoms with Gasteiger partial charge in [0.1, 0.15) is 15.6 Å². The number of carbonyl (C=O) groups excluding carboxylic acids is 1. The number of para-hydroxylation sites is 1. The number of aromatic nitrogens is 1. The number of hydrogen-bond donors (Lipinski definition) is 1. The van der Waals surface area contributed by atoms with Gasteiger partial charge in [-0.3, -0.25) is 14.9 Å². The summed E-state index contributed by atoms with van der Waals surface area (Å²) >= 11 is 7.21. The zero-order valence-electron chi connectivity index (χ0n) is 10.4. The topological polar surface area (TPSA) is 85.1 Å². The molecule has 2 rings (SSSR count). The first-order valence-electron chi connectivity index (χ1n) is 5.61. The highest BCUT2D eigenvalue weighted by Gasteiger charge is 2.23. The zero-order valence-corrected chi connectivity index (χ0v) is 12.0. The van der Waals surface area contributed by atoms with Gasteiger partial charge in [0, 0.05) is 11.1 Å². The fraction of sp³-hybridized carbons (Fsp3) is 0.167. The van der Waals surface area contributed by atoms with Gasteiger partial charge in [0.15, 0.2) is 0 Å². The second-order valence-corrected chi connectivity index (χ2v) is 5.67. The first-order valence-corrected chi connectivity index (χ1v) is 6.81. The van der Waals surface area contributed by atoms with Crippen LogP contribution in [0, 0.1) is 17.0 Å². The van der Waals surface area contributed by atoms with Crippen molar-refractivity contribution in [3.63, 3.8) is 0 Å². The van der Waals surface area contributed by atoms with Crippen LogP contribution in [-0.2, 0) is 6.54 Å². The van der Waals surface area contributed by atoms with E-state index in [1.807, 2.05) is 6.92 Å². The molecular weight excluding hydrogens is 302 g/mol. The molecule has 0 aliphatic rings. The molecule has 0 spiro atoms. The maximum atomic E-state index is 12.0. The van der Waals surface area contributed by atoms with Gasteiger partial charge in [0.25, 0.3) is 5.91 Å². The molecule has 0 atom stereocenters. The number of nitrogens with one attached hydrogen (secondary N) is 1. The van der Waals surface area contributed by atoms with Gasteiger partial charge in [-0.25, -0.2) is 4.98 Å². The number of halogens is 1. The van der Waals surface area contributed by atoms with Crippen LogP contribution in [0.25, 0.3) is 0 Å². The third kappa shape index (κ3) is 3.12. The SMILES string of the molecule is Cc1cnc(CNC(=O)c2cccc(Cl)c2[N+](=O)[O-])s1. The number of aryl methyl sites for hydroxylation is 1. The number of carbonyl (C=O) groups is 1. The van der Waals surface area contributed by atoms with Crippen LogP contribution >= 0.6 is 22.9 Å². The highest BCUT2D eigenvalue weighted by Crippen LogP contribution is 2.28. The lowest BCUT2D eigenvalue weighted by molar-refractivity contribution is -0.385. The monoisotopic (exact) mass is 311 g/mol. The van der Waals surface area contributed by atoms with Crippen molar-refractivity contribution in [2.24, 2.45) is 0 Å². The predicted octanol–water partition coefficient (Wildman–Crippen LogP) is 2.94. The molecule has 8 heteroatoms. The second-order valence-electron chi connectivity index (χ2n) is 3.94. The molecule has 1 N–H and O–H groups in total. The van der Waals surface area contributed by atoms with E-state index in [2.05, 4.69) is 10.3 Å². The Hall–Kier alpha value is -1.99. The molecule has 0 fully saturated rings. The maximum Gasteiger partial charge on any atom is 0.300 e. The fourth-order valence-electron chi connectivity index (χ4n) is 1.62. The maximum absolute atomic E-state index is 12.0. The highest BCUT2D eigenvalue weighted by molar-refractivity contribution is 7.11. The van der Waals surface area contributed by atoms with E-state index in [0.717, 1.165) is 9.88 Å². The first kappa shape index (κ1) is 14.4. The number of thiazole rings is 1. The van der Waals surface area contributed by atoms with Crippen LogP contribution < -0.4 is 5.32 Å². The number of nitro groups is 1. The van der Waals surface area contributed by atoms with Crippen LogP contribution in [0.4, 0.5) is 5.69 Å². The van der Waals surface area contributed by atoms with Crippen molar-refractivity contribution >= 4 is 34.5 Å². The number of nitrogens with zero attached hydrogens (tertiary/aromatic N) is 2. The summed E-state index contributed by atoms with van der Waals surface area (Å²) in [7, 11) is 0. The average molecular weight is 312 g/mol. The minimum absolute atomic E-state index is 0.0595. The van der Waals surface area contributed by atoms with Gasteiger partial charge in [0.05, 0.1) is 11.5 Å². The molecule has 0 unspecified atom stereocenters. The van der Waals surface area contributed by atoms with Gasteiger partial charge in [0.2, 0.25) is 0 Å². The quantitative estimate of drug-likeness (QED) is 0.695. The van der Waals surface area contributed by atoms with Crippen molar-refractivity contribution in [1.29, 1.82) is 0 Å². The van der Waals surface area contributed by atoms with Gasteiger partial charge < -0.3 is 5.32 Å². The molecule has 0 saturated carbocycles. The van der Waals surface area contributed by atoms with Gasteiger partial charge in [-0.2, -0.15) is 0 Å². The number of amides is 1. The molecule has 1 aromatic heterocycles. The Morgan fingerprint density at radius 2 is 2.30 bits per heavy atom. The molecule has 0 bridgehead atoms. The molecule has 1 amide bonds. The molecule has 20 heavy (non-hydrogen) atoms. The van der Waals surface area contributed by atoms with E-state index < -0.39 is 10.8 Å². The Labute approximate surface area is 123 Å². The predicted molar refractivity (Wildman–Crippen MR) is 76.1 cm³/mol. The van der Waals surface area contributed by atoms with Crippen LogP contribution in [0.15, 0.2) is 24.4 Å². The number of rotatable bonds is 4. The van der Waals surface area contributed by atoms with Gasteiger partial charge >= 0.3 is 5.69 Å². The Morgan fingerprint density at radius 1 is 1.55 bits per heavy atom. The molecule has 104 valence electrons. The molecule has 1 heterocycles. The van der Waals surface area contributed by atoms with E-state index in [1.54, 1.807) is 6.20 Å². The van der Waals surface area contributed by atoms with E-state index >= 15 is 0 Å². The van der Waals surface area contributed by atoms with Gasteiger partial charge in [-0.15, -0.1) is 11.3 Å². The summed E-state index contributed by atoms with van der Waals surface area (Å²) < 4.78 is 0. The molecular formula is C12H10ClN3O3S. The molecule has 0 radical (unpaired) electrons. The summed E-state index contributed by atoms with van der Waals surface area (Å²) in [5.41, 5.74) is -0.447. The van der Waals surface area contributed by atoms with Gasteiger partial charge in [-0.1, -0.05) is 17.7 Å². The number of hydrogen-bond acceptors (Lipinski definition) is 5. The lowest BCUT2D eigenvalue weighted by Gasteiger charge is -2.05. The van der Waals surface area contributed by atoms with Crippen molar-refractivity contribution in [2.75, 3.05) is 0 Å². The summed E-state index contributed by atoms with van der Waals surface area (Å²) in [4.78, 5) is 27.4. The largest absolute Gasteiger partial charge is 0.345 e. The third-order valence-corrected chi connectivity index (χ3v) is 3.70. The summed E-state index contributed by atoms with van der Waals surface area (Å²) in [6, 6.07) is 4.24.